The third kappa shape index (κ3) is 5.81. The number of carbonyl (C=O) groups excluding carboxylic acids is 1. The van der Waals surface area contributed by atoms with Gasteiger partial charge in [0, 0.05) is 11.0 Å². The Balaban J connectivity index is 1.98. The van der Waals surface area contributed by atoms with Crippen molar-refractivity contribution in [2.45, 2.75) is 23.0 Å². The van der Waals surface area contributed by atoms with Crippen LogP contribution in [0.25, 0.3) is 0 Å². The summed E-state index contributed by atoms with van der Waals surface area (Å²) in [6.45, 7) is 0. The highest BCUT2D eigenvalue weighted by Gasteiger charge is 2.27. The van der Waals surface area contributed by atoms with E-state index in [0.29, 0.717) is 10.6 Å². The summed E-state index contributed by atoms with van der Waals surface area (Å²) in [4.78, 5) is 25.2. The highest BCUT2D eigenvalue weighted by molar-refractivity contribution is 7.98. The SMILES string of the molecule is COC(=O)C[C@@H](c1ccc(Cl)c(Cl)c1)c1oc(CSc2ccc(F)cc2)cc(=O)c1O. The van der Waals surface area contributed by atoms with Crippen LogP contribution in [0.3, 0.4) is 0 Å². The number of hydrogen-bond acceptors (Lipinski definition) is 6. The minimum atomic E-state index is -0.828. The van der Waals surface area contributed by atoms with Crippen molar-refractivity contribution in [1.29, 1.82) is 0 Å². The van der Waals surface area contributed by atoms with Crippen molar-refractivity contribution >= 4 is 40.9 Å². The lowest BCUT2D eigenvalue weighted by Gasteiger charge is -2.18. The molecule has 2 aromatic carbocycles. The highest BCUT2D eigenvalue weighted by atomic mass is 35.5. The molecule has 0 saturated carbocycles. The smallest absolute Gasteiger partial charge is 0.306 e. The van der Waals surface area contributed by atoms with Crippen LogP contribution < -0.4 is 5.43 Å². The van der Waals surface area contributed by atoms with Gasteiger partial charge in [0.1, 0.15) is 11.6 Å². The van der Waals surface area contributed by atoms with Gasteiger partial charge in [-0.15, -0.1) is 11.8 Å². The van der Waals surface area contributed by atoms with Crippen LogP contribution in [0.15, 0.2) is 62.6 Å². The van der Waals surface area contributed by atoms with E-state index in [1.54, 1.807) is 24.3 Å². The fraction of sp³-hybridized carbons (Fsp3) is 0.182. The van der Waals surface area contributed by atoms with E-state index in [9.17, 15) is 19.1 Å². The molecule has 0 amide bonds. The lowest BCUT2D eigenvalue weighted by molar-refractivity contribution is -0.140. The van der Waals surface area contributed by atoms with Crippen molar-refractivity contribution < 1.29 is 23.4 Å². The zero-order chi connectivity index (χ0) is 22.5. The summed E-state index contributed by atoms with van der Waals surface area (Å²) in [6, 6.07) is 11.8. The summed E-state index contributed by atoms with van der Waals surface area (Å²) in [5, 5.41) is 11.0. The third-order valence-corrected chi connectivity index (χ3v) is 6.23. The van der Waals surface area contributed by atoms with Crippen LogP contribution in [-0.2, 0) is 15.3 Å². The Morgan fingerprint density at radius 3 is 2.52 bits per heavy atom. The van der Waals surface area contributed by atoms with Gasteiger partial charge in [-0.05, 0) is 42.0 Å². The Labute approximate surface area is 191 Å². The Kier molecular flexibility index (Phi) is 7.64. The zero-order valence-corrected chi connectivity index (χ0v) is 18.6. The number of hydrogen-bond donors (Lipinski definition) is 1. The predicted octanol–water partition coefficient (Wildman–Crippen LogP) is 5.78. The maximum absolute atomic E-state index is 13.1. The minimum Gasteiger partial charge on any atom is -0.502 e. The third-order valence-electron chi connectivity index (χ3n) is 4.46. The first-order chi connectivity index (χ1) is 14.8. The van der Waals surface area contributed by atoms with Crippen molar-refractivity contribution in [2.75, 3.05) is 7.11 Å². The molecule has 1 heterocycles. The first kappa shape index (κ1) is 23.2. The van der Waals surface area contributed by atoms with Crippen molar-refractivity contribution in [3.05, 3.63) is 91.7 Å². The summed E-state index contributed by atoms with van der Waals surface area (Å²) in [6.07, 6.45) is -0.195. The number of aromatic hydroxyl groups is 1. The van der Waals surface area contributed by atoms with Crippen LogP contribution in [-0.4, -0.2) is 18.2 Å². The quantitative estimate of drug-likeness (QED) is 0.339. The van der Waals surface area contributed by atoms with Gasteiger partial charge in [-0.25, -0.2) is 4.39 Å². The topological polar surface area (TPSA) is 76.7 Å². The summed E-state index contributed by atoms with van der Waals surface area (Å²) < 4.78 is 23.7. The summed E-state index contributed by atoms with van der Waals surface area (Å²) in [5.41, 5.74) is -0.132. The maximum Gasteiger partial charge on any atom is 0.306 e. The van der Waals surface area contributed by atoms with E-state index >= 15 is 0 Å². The van der Waals surface area contributed by atoms with Crippen LogP contribution in [0.1, 0.15) is 29.4 Å². The zero-order valence-electron chi connectivity index (χ0n) is 16.2. The highest BCUT2D eigenvalue weighted by Crippen LogP contribution is 2.36. The fourth-order valence-corrected chi connectivity index (χ4v) is 3.97. The molecule has 0 aliphatic heterocycles. The van der Waals surface area contributed by atoms with Gasteiger partial charge in [-0.3, -0.25) is 9.59 Å². The number of carbonyl (C=O) groups is 1. The van der Waals surface area contributed by atoms with Crippen LogP contribution in [0.2, 0.25) is 10.0 Å². The monoisotopic (exact) mass is 482 g/mol. The molecule has 5 nitrogen and oxygen atoms in total. The van der Waals surface area contributed by atoms with Gasteiger partial charge in [0.05, 0.1) is 35.2 Å². The molecule has 0 bridgehead atoms. The van der Waals surface area contributed by atoms with Gasteiger partial charge < -0.3 is 14.3 Å². The van der Waals surface area contributed by atoms with E-state index < -0.39 is 23.1 Å². The minimum absolute atomic E-state index is 0.0778. The molecule has 0 radical (unpaired) electrons. The number of esters is 1. The molecule has 1 aromatic heterocycles. The van der Waals surface area contributed by atoms with Crippen LogP contribution >= 0.6 is 35.0 Å². The standard InChI is InChI=1S/C22H17Cl2FO5S/c1-29-20(27)10-16(12-2-7-17(23)18(24)8-12)22-21(28)19(26)9-14(30-22)11-31-15-5-3-13(25)4-6-15/h2-9,16,28H,10-11H2,1H3/t16-/m0/s1. The molecular weight excluding hydrogens is 466 g/mol. The van der Waals surface area contributed by atoms with Crippen molar-refractivity contribution in [3.8, 4) is 5.75 Å². The van der Waals surface area contributed by atoms with E-state index in [-0.39, 0.29) is 34.5 Å². The van der Waals surface area contributed by atoms with Gasteiger partial charge in [0.25, 0.3) is 0 Å². The van der Waals surface area contributed by atoms with Gasteiger partial charge in [0.2, 0.25) is 11.2 Å². The second-order valence-electron chi connectivity index (χ2n) is 6.54. The number of methoxy groups -OCH3 is 1. The first-order valence-electron chi connectivity index (χ1n) is 9.04. The summed E-state index contributed by atoms with van der Waals surface area (Å²) in [7, 11) is 1.24. The second kappa shape index (κ2) is 10.2. The van der Waals surface area contributed by atoms with E-state index in [4.69, 9.17) is 32.4 Å². The Morgan fingerprint density at radius 2 is 1.87 bits per heavy atom. The van der Waals surface area contributed by atoms with Gasteiger partial charge in [-0.1, -0.05) is 29.3 Å². The van der Waals surface area contributed by atoms with Crippen molar-refractivity contribution in [3.63, 3.8) is 0 Å². The molecule has 1 atom stereocenters. The number of thioether (sulfide) groups is 1. The van der Waals surface area contributed by atoms with Crippen molar-refractivity contribution in [1.82, 2.24) is 0 Å². The normalized spacial score (nSPS) is 11.9. The molecular formula is C22H17Cl2FO5S. The second-order valence-corrected chi connectivity index (χ2v) is 8.40. The number of halogens is 3. The van der Waals surface area contributed by atoms with Crippen molar-refractivity contribution in [2.24, 2.45) is 0 Å². The molecule has 3 rings (SSSR count). The van der Waals surface area contributed by atoms with Crippen LogP contribution in [0.4, 0.5) is 4.39 Å². The Morgan fingerprint density at radius 1 is 1.16 bits per heavy atom. The summed E-state index contributed by atoms with van der Waals surface area (Å²) >= 11 is 13.4. The number of ether oxygens (including phenoxy) is 1. The molecule has 0 saturated heterocycles. The summed E-state index contributed by atoms with van der Waals surface area (Å²) in [5.74, 6) is -1.89. The molecule has 0 spiro atoms. The molecule has 0 aliphatic rings. The largest absolute Gasteiger partial charge is 0.502 e. The fourth-order valence-electron chi connectivity index (χ4n) is 2.89. The average molecular weight is 483 g/mol. The number of benzene rings is 2. The van der Waals surface area contributed by atoms with E-state index in [1.807, 2.05) is 0 Å². The lowest BCUT2D eigenvalue weighted by Crippen LogP contribution is -2.14. The van der Waals surface area contributed by atoms with E-state index in [2.05, 4.69) is 0 Å². The predicted molar refractivity (Wildman–Crippen MR) is 118 cm³/mol. The molecule has 0 fully saturated rings. The van der Waals surface area contributed by atoms with Gasteiger partial charge in [-0.2, -0.15) is 0 Å². The molecule has 0 aliphatic carbocycles. The maximum atomic E-state index is 13.1. The molecule has 9 heteroatoms. The van der Waals surface area contributed by atoms with Gasteiger partial charge in [0.15, 0.2) is 5.76 Å². The van der Waals surface area contributed by atoms with Crippen LogP contribution in [0, 0.1) is 5.82 Å². The van der Waals surface area contributed by atoms with E-state index in [0.717, 1.165) is 4.90 Å². The van der Waals surface area contributed by atoms with Gasteiger partial charge >= 0.3 is 5.97 Å². The average Bonchev–Trinajstić information content (AvgIpc) is 2.76. The molecule has 3 aromatic rings. The Hall–Kier alpha value is -2.48. The van der Waals surface area contributed by atoms with Crippen LogP contribution in [0.5, 0.6) is 5.75 Å². The molecule has 162 valence electrons. The molecule has 0 unspecified atom stereocenters. The Bertz CT molecular complexity index is 1150. The molecule has 31 heavy (non-hydrogen) atoms. The molecule has 1 N–H and O–H groups in total. The lowest BCUT2D eigenvalue weighted by atomic mass is 9.92. The number of rotatable bonds is 7. The van der Waals surface area contributed by atoms with E-state index in [1.165, 1.54) is 43.1 Å². The first-order valence-corrected chi connectivity index (χ1v) is 10.8.